The summed E-state index contributed by atoms with van der Waals surface area (Å²) >= 11 is 0. The molecule has 18 heavy (non-hydrogen) atoms. The lowest BCUT2D eigenvalue weighted by Gasteiger charge is -2.39. The predicted molar refractivity (Wildman–Crippen MR) is 71.1 cm³/mol. The van der Waals surface area contributed by atoms with Gasteiger partial charge in [0.2, 0.25) is 0 Å². The third kappa shape index (κ3) is 2.61. The first-order valence-corrected chi connectivity index (χ1v) is 6.48. The zero-order chi connectivity index (χ0) is 13.3. The van der Waals surface area contributed by atoms with E-state index >= 15 is 0 Å². The first-order chi connectivity index (χ1) is 8.43. The van der Waals surface area contributed by atoms with Gasteiger partial charge in [0.05, 0.1) is 13.2 Å². The minimum Gasteiger partial charge on any atom is -0.497 e. The van der Waals surface area contributed by atoms with Gasteiger partial charge in [0.1, 0.15) is 17.1 Å². The number of hydrogen-bond acceptors (Lipinski definition) is 3. The smallest absolute Gasteiger partial charge is 0.126 e. The molecular formula is C15H22O3. The van der Waals surface area contributed by atoms with E-state index in [1.807, 2.05) is 18.2 Å². The van der Waals surface area contributed by atoms with Crippen LogP contribution in [0.2, 0.25) is 0 Å². The Morgan fingerprint density at radius 2 is 2.22 bits per heavy atom. The maximum absolute atomic E-state index is 10.3. The van der Waals surface area contributed by atoms with E-state index in [2.05, 4.69) is 20.8 Å². The summed E-state index contributed by atoms with van der Waals surface area (Å²) in [6, 6.07) is 5.61. The number of benzene rings is 1. The molecule has 0 bridgehead atoms. The summed E-state index contributed by atoms with van der Waals surface area (Å²) < 4.78 is 11.3. The lowest BCUT2D eigenvalue weighted by atomic mass is 9.84. The number of fused-ring (bicyclic) bond motifs is 1. The van der Waals surface area contributed by atoms with E-state index in [0.29, 0.717) is 12.3 Å². The van der Waals surface area contributed by atoms with Crippen molar-refractivity contribution >= 4 is 0 Å². The van der Waals surface area contributed by atoms with Gasteiger partial charge in [-0.15, -0.1) is 0 Å². The van der Waals surface area contributed by atoms with Gasteiger partial charge in [-0.1, -0.05) is 13.8 Å². The molecule has 1 aromatic carbocycles. The summed E-state index contributed by atoms with van der Waals surface area (Å²) in [4.78, 5) is 0. The maximum Gasteiger partial charge on any atom is 0.126 e. The highest BCUT2D eigenvalue weighted by Crippen LogP contribution is 2.43. The average Bonchev–Trinajstić information content (AvgIpc) is 2.26. The van der Waals surface area contributed by atoms with Crippen LogP contribution >= 0.6 is 0 Å². The molecule has 0 amide bonds. The molecule has 3 heteroatoms. The molecule has 2 atom stereocenters. The van der Waals surface area contributed by atoms with Gasteiger partial charge < -0.3 is 14.6 Å². The highest BCUT2D eigenvalue weighted by molar-refractivity contribution is 5.43. The first-order valence-electron chi connectivity index (χ1n) is 6.48. The van der Waals surface area contributed by atoms with Crippen LogP contribution in [0.25, 0.3) is 0 Å². The van der Waals surface area contributed by atoms with Gasteiger partial charge in [0.15, 0.2) is 0 Å². The number of aliphatic hydroxyl groups excluding tert-OH is 1. The van der Waals surface area contributed by atoms with E-state index in [1.54, 1.807) is 7.11 Å². The monoisotopic (exact) mass is 250 g/mol. The molecular weight excluding hydrogens is 228 g/mol. The Hall–Kier alpha value is -1.22. The van der Waals surface area contributed by atoms with Crippen molar-refractivity contribution in [1.82, 2.24) is 0 Å². The molecule has 0 radical (unpaired) electrons. The molecule has 1 aliphatic rings. The van der Waals surface area contributed by atoms with Crippen LogP contribution in [0.4, 0.5) is 0 Å². The second-order valence-corrected chi connectivity index (χ2v) is 5.77. The van der Waals surface area contributed by atoms with E-state index in [0.717, 1.165) is 23.5 Å². The zero-order valence-electron chi connectivity index (χ0n) is 11.6. The van der Waals surface area contributed by atoms with Crippen LogP contribution in [0.3, 0.4) is 0 Å². The van der Waals surface area contributed by atoms with Crippen molar-refractivity contribution in [3.05, 3.63) is 23.8 Å². The van der Waals surface area contributed by atoms with Crippen LogP contribution in [0.15, 0.2) is 18.2 Å². The predicted octanol–water partition coefficient (Wildman–Crippen LogP) is 3.32. The second-order valence-electron chi connectivity index (χ2n) is 5.77. The SMILES string of the molecule is COc1ccc2c(c1)[C@@H](O)CC(C)(CC(C)C)O2. The van der Waals surface area contributed by atoms with Gasteiger partial charge in [-0.05, 0) is 37.5 Å². The molecule has 3 nitrogen and oxygen atoms in total. The fraction of sp³-hybridized carbons (Fsp3) is 0.600. The van der Waals surface area contributed by atoms with Crippen LogP contribution in [0.5, 0.6) is 11.5 Å². The fourth-order valence-electron chi connectivity index (χ4n) is 2.82. The van der Waals surface area contributed by atoms with Gasteiger partial charge in [0, 0.05) is 12.0 Å². The summed E-state index contributed by atoms with van der Waals surface area (Å²) in [7, 11) is 1.63. The molecule has 2 rings (SSSR count). The molecule has 0 fully saturated rings. The molecule has 1 N–H and O–H groups in total. The lowest BCUT2D eigenvalue weighted by molar-refractivity contribution is -0.0145. The van der Waals surface area contributed by atoms with Crippen molar-refractivity contribution in [2.45, 2.75) is 45.3 Å². The average molecular weight is 250 g/mol. The Labute approximate surface area is 109 Å². The Bertz CT molecular complexity index is 428. The van der Waals surface area contributed by atoms with Gasteiger partial charge in [-0.25, -0.2) is 0 Å². The lowest BCUT2D eigenvalue weighted by Crippen LogP contribution is -2.39. The summed E-state index contributed by atoms with van der Waals surface area (Å²) in [6.45, 7) is 6.42. The van der Waals surface area contributed by atoms with Crippen LogP contribution in [-0.2, 0) is 0 Å². The van der Waals surface area contributed by atoms with E-state index in [1.165, 1.54) is 0 Å². The quantitative estimate of drug-likeness (QED) is 0.894. The van der Waals surface area contributed by atoms with Gasteiger partial charge in [0.25, 0.3) is 0 Å². The first kappa shape index (κ1) is 13.2. The second kappa shape index (κ2) is 4.81. The van der Waals surface area contributed by atoms with E-state index in [-0.39, 0.29) is 5.60 Å². The molecule has 1 unspecified atom stereocenters. The molecule has 0 aromatic heterocycles. The Morgan fingerprint density at radius 1 is 1.50 bits per heavy atom. The molecule has 0 saturated carbocycles. The van der Waals surface area contributed by atoms with Crippen molar-refractivity contribution in [1.29, 1.82) is 0 Å². The summed E-state index contributed by atoms with van der Waals surface area (Å²) in [5.74, 6) is 2.07. The van der Waals surface area contributed by atoms with E-state index in [4.69, 9.17) is 9.47 Å². The van der Waals surface area contributed by atoms with E-state index in [9.17, 15) is 5.11 Å². The van der Waals surface area contributed by atoms with E-state index < -0.39 is 6.10 Å². The number of methoxy groups -OCH3 is 1. The fourth-order valence-corrected chi connectivity index (χ4v) is 2.82. The maximum atomic E-state index is 10.3. The minimum atomic E-state index is -0.479. The molecule has 100 valence electrons. The number of hydrogen-bond donors (Lipinski definition) is 1. The minimum absolute atomic E-state index is 0.283. The van der Waals surface area contributed by atoms with Crippen molar-refractivity contribution in [3.8, 4) is 11.5 Å². The van der Waals surface area contributed by atoms with Crippen LogP contribution in [-0.4, -0.2) is 17.8 Å². The molecule has 0 aliphatic carbocycles. The van der Waals surface area contributed by atoms with Crippen LogP contribution < -0.4 is 9.47 Å². The third-order valence-electron chi connectivity index (χ3n) is 3.40. The van der Waals surface area contributed by atoms with Crippen molar-refractivity contribution < 1.29 is 14.6 Å². The van der Waals surface area contributed by atoms with Crippen molar-refractivity contribution in [3.63, 3.8) is 0 Å². The van der Waals surface area contributed by atoms with Crippen LogP contribution in [0.1, 0.15) is 45.3 Å². The standard InChI is InChI=1S/C15H22O3/c1-10(2)8-15(3)9-13(16)12-7-11(17-4)5-6-14(12)18-15/h5-7,10,13,16H,8-9H2,1-4H3/t13-,15?/m0/s1. The van der Waals surface area contributed by atoms with Crippen molar-refractivity contribution in [2.75, 3.05) is 7.11 Å². The normalized spacial score (nSPS) is 26.7. The van der Waals surface area contributed by atoms with Gasteiger partial charge in [-0.2, -0.15) is 0 Å². The molecule has 0 saturated heterocycles. The molecule has 1 aromatic rings. The zero-order valence-corrected chi connectivity index (χ0v) is 11.6. The number of rotatable bonds is 3. The topological polar surface area (TPSA) is 38.7 Å². The highest BCUT2D eigenvalue weighted by atomic mass is 16.5. The summed E-state index contributed by atoms with van der Waals surface area (Å²) in [6.07, 6.45) is 1.09. The molecule has 0 spiro atoms. The highest BCUT2D eigenvalue weighted by Gasteiger charge is 2.37. The molecule has 1 heterocycles. The summed E-state index contributed by atoms with van der Waals surface area (Å²) in [5, 5.41) is 10.3. The number of ether oxygens (including phenoxy) is 2. The third-order valence-corrected chi connectivity index (χ3v) is 3.40. The molecule has 1 aliphatic heterocycles. The summed E-state index contributed by atoms with van der Waals surface area (Å²) in [5.41, 5.74) is 0.547. The van der Waals surface area contributed by atoms with Gasteiger partial charge >= 0.3 is 0 Å². The van der Waals surface area contributed by atoms with Crippen LogP contribution in [0, 0.1) is 5.92 Å². The van der Waals surface area contributed by atoms with Crippen molar-refractivity contribution in [2.24, 2.45) is 5.92 Å². The van der Waals surface area contributed by atoms with Gasteiger partial charge in [-0.3, -0.25) is 0 Å². The largest absolute Gasteiger partial charge is 0.497 e. The Kier molecular flexibility index (Phi) is 3.53. The Morgan fingerprint density at radius 3 is 2.83 bits per heavy atom. The number of aliphatic hydroxyl groups is 1. The Balaban J connectivity index is 2.29.